The molecule has 0 atom stereocenters. The zero-order valence-corrected chi connectivity index (χ0v) is 36.6. The zero-order chi connectivity index (χ0) is 40.6. The number of nitrogens with zero attached hydrogens (tertiary/aromatic N) is 1. The van der Waals surface area contributed by atoms with Crippen molar-refractivity contribution in [1.82, 2.24) is 0 Å². The highest BCUT2D eigenvalue weighted by Crippen LogP contribution is 2.56. The maximum absolute atomic E-state index is 2.52. The van der Waals surface area contributed by atoms with Gasteiger partial charge in [0.15, 0.2) is 0 Å². The highest BCUT2D eigenvalue weighted by molar-refractivity contribution is 5.96. The molecule has 6 aromatic carbocycles. The first-order valence-electron chi connectivity index (χ1n) is 20.6. The van der Waals surface area contributed by atoms with Crippen LogP contribution in [-0.2, 0) is 27.1 Å². The van der Waals surface area contributed by atoms with Crippen LogP contribution in [0.3, 0.4) is 0 Å². The van der Waals surface area contributed by atoms with E-state index >= 15 is 0 Å². The number of fused-ring (bicyclic) bond motifs is 3. The number of benzene rings is 6. The van der Waals surface area contributed by atoms with Crippen LogP contribution < -0.4 is 4.90 Å². The van der Waals surface area contributed by atoms with Crippen LogP contribution >= 0.6 is 0 Å². The van der Waals surface area contributed by atoms with Gasteiger partial charge in [-0.15, -0.1) is 0 Å². The first kappa shape index (κ1) is 39.4. The first-order valence-corrected chi connectivity index (χ1v) is 20.6. The van der Waals surface area contributed by atoms with E-state index in [2.05, 4.69) is 229 Å². The predicted molar refractivity (Wildman–Crippen MR) is 244 cm³/mol. The molecule has 0 heterocycles. The Balaban J connectivity index is 1.46. The molecular formula is C55H63N. The van der Waals surface area contributed by atoms with Gasteiger partial charge >= 0.3 is 0 Å². The quantitative estimate of drug-likeness (QED) is 0.170. The Hall–Kier alpha value is -4.88. The van der Waals surface area contributed by atoms with Crippen molar-refractivity contribution in [2.24, 2.45) is 0 Å². The summed E-state index contributed by atoms with van der Waals surface area (Å²) in [5.41, 5.74) is 19.4. The smallest absolute Gasteiger partial charge is 0.0546 e. The predicted octanol–water partition coefficient (Wildman–Crippen LogP) is 16.0. The Bertz CT molecular complexity index is 2350. The van der Waals surface area contributed by atoms with E-state index in [4.69, 9.17) is 0 Å². The summed E-state index contributed by atoms with van der Waals surface area (Å²) in [5, 5.41) is 0. The molecule has 0 saturated heterocycles. The van der Waals surface area contributed by atoms with E-state index in [9.17, 15) is 0 Å². The van der Waals surface area contributed by atoms with Crippen molar-refractivity contribution in [1.29, 1.82) is 0 Å². The van der Waals surface area contributed by atoms with Crippen LogP contribution in [0.5, 0.6) is 0 Å². The van der Waals surface area contributed by atoms with Gasteiger partial charge in [-0.3, -0.25) is 0 Å². The fourth-order valence-electron chi connectivity index (χ4n) is 8.23. The van der Waals surface area contributed by atoms with Gasteiger partial charge in [0.25, 0.3) is 0 Å². The molecule has 1 nitrogen and oxygen atoms in total. The molecule has 1 aliphatic rings. The summed E-state index contributed by atoms with van der Waals surface area (Å²) in [6.07, 6.45) is 0. The van der Waals surface area contributed by atoms with Crippen molar-refractivity contribution < 1.29 is 0 Å². The Morgan fingerprint density at radius 1 is 0.375 bits per heavy atom. The summed E-state index contributed by atoms with van der Waals surface area (Å²) in [6, 6.07) is 48.6. The normalized spacial score (nSPS) is 14.0. The number of hydrogen-bond donors (Lipinski definition) is 0. The van der Waals surface area contributed by atoms with Crippen LogP contribution in [-0.4, -0.2) is 0 Å². The van der Waals surface area contributed by atoms with E-state index < -0.39 is 0 Å². The molecule has 0 aromatic heterocycles. The summed E-state index contributed by atoms with van der Waals surface area (Å²) in [6.45, 7) is 32.7. The lowest BCUT2D eigenvalue weighted by Crippen LogP contribution is -2.20. The first-order chi connectivity index (χ1) is 26.0. The van der Waals surface area contributed by atoms with Crippen LogP contribution in [0.25, 0.3) is 33.4 Å². The number of hydrogen-bond acceptors (Lipinski definition) is 1. The molecule has 0 spiro atoms. The van der Waals surface area contributed by atoms with E-state index in [-0.39, 0.29) is 27.1 Å². The van der Waals surface area contributed by atoms with Crippen molar-refractivity contribution in [3.63, 3.8) is 0 Å². The highest BCUT2D eigenvalue weighted by atomic mass is 15.1. The average molecular weight is 738 g/mol. The van der Waals surface area contributed by atoms with Crippen LogP contribution in [0.1, 0.15) is 130 Å². The lowest BCUT2D eigenvalue weighted by atomic mass is 9.77. The second-order valence-electron chi connectivity index (χ2n) is 20.9. The molecule has 0 aliphatic heterocycles. The van der Waals surface area contributed by atoms with Crippen molar-refractivity contribution >= 4 is 17.1 Å². The monoisotopic (exact) mass is 737 g/mol. The molecule has 0 unspecified atom stereocenters. The molecule has 56 heavy (non-hydrogen) atoms. The van der Waals surface area contributed by atoms with Gasteiger partial charge < -0.3 is 4.90 Å². The van der Waals surface area contributed by atoms with Crippen molar-refractivity contribution in [3.05, 3.63) is 161 Å². The number of rotatable bonds is 5. The molecule has 0 amide bonds. The standard InChI is InChI=1S/C55H63N/c1-51(2,3)40-24-29-46-47(33-40)55(13,14)48-34-43(54(10,11)12)35-49(50(46)48)56(44-25-20-37(21-26-44)36-18-16-15-17-19-36)45-27-22-38(23-28-45)39-30-41(52(4,5)6)32-42(31-39)53(7,8)9/h15-35H,1-14H3. The van der Waals surface area contributed by atoms with Crippen molar-refractivity contribution in [3.8, 4) is 33.4 Å². The van der Waals surface area contributed by atoms with Crippen LogP contribution in [0.15, 0.2) is 127 Å². The lowest BCUT2D eigenvalue weighted by Gasteiger charge is -2.32. The van der Waals surface area contributed by atoms with Crippen LogP contribution in [0.4, 0.5) is 17.1 Å². The third kappa shape index (κ3) is 7.38. The minimum absolute atomic E-state index is 0.0409. The van der Waals surface area contributed by atoms with Gasteiger partial charge in [-0.05, 0) is 113 Å². The Labute approximate surface area is 338 Å². The fraction of sp³-hybridized carbons (Fsp3) is 0.345. The Kier molecular flexibility index (Phi) is 9.59. The maximum atomic E-state index is 2.52. The van der Waals surface area contributed by atoms with E-state index in [0.717, 1.165) is 11.4 Å². The van der Waals surface area contributed by atoms with E-state index in [1.54, 1.807) is 0 Å². The van der Waals surface area contributed by atoms with Gasteiger partial charge in [-0.25, -0.2) is 0 Å². The summed E-state index contributed by atoms with van der Waals surface area (Å²) < 4.78 is 0. The molecule has 0 saturated carbocycles. The molecule has 0 bridgehead atoms. The van der Waals surface area contributed by atoms with Crippen LogP contribution in [0, 0.1) is 0 Å². The molecule has 0 fully saturated rings. The Morgan fingerprint density at radius 2 is 0.804 bits per heavy atom. The minimum atomic E-state index is -0.155. The van der Waals surface area contributed by atoms with E-state index in [1.807, 2.05) is 0 Å². The minimum Gasteiger partial charge on any atom is -0.310 e. The SMILES string of the molecule is CC(C)(C)c1cc(-c2ccc(N(c3ccc(-c4ccccc4)cc3)c3cc(C(C)(C)C)cc4c3-c3ccc(C(C)(C)C)cc3C4(C)C)cc2)cc(C(C)(C)C)c1. The largest absolute Gasteiger partial charge is 0.310 e. The zero-order valence-electron chi connectivity index (χ0n) is 36.6. The summed E-state index contributed by atoms with van der Waals surface area (Å²) >= 11 is 0. The molecule has 0 N–H and O–H groups in total. The molecule has 0 radical (unpaired) electrons. The molecule has 6 aromatic rings. The topological polar surface area (TPSA) is 3.24 Å². The van der Waals surface area contributed by atoms with Gasteiger partial charge in [-0.2, -0.15) is 0 Å². The van der Waals surface area contributed by atoms with E-state index in [1.165, 1.54) is 72.4 Å². The average Bonchev–Trinajstić information content (AvgIpc) is 3.36. The van der Waals surface area contributed by atoms with E-state index in [0.29, 0.717) is 0 Å². The third-order valence-electron chi connectivity index (χ3n) is 12.1. The van der Waals surface area contributed by atoms with Crippen molar-refractivity contribution in [2.45, 2.75) is 124 Å². The number of anilines is 3. The highest BCUT2D eigenvalue weighted by Gasteiger charge is 2.40. The summed E-state index contributed by atoms with van der Waals surface area (Å²) in [5.74, 6) is 0. The second-order valence-corrected chi connectivity index (χ2v) is 20.9. The van der Waals surface area contributed by atoms with Crippen LogP contribution in [0.2, 0.25) is 0 Å². The lowest BCUT2D eigenvalue weighted by molar-refractivity contribution is 0.569. The van der Waals surface area contributed by atoms with Gasteiger partial charge in [0.2, 0.25) is 0 Å². The van der Waals surface area contributed by atoms with Gasteiger partial charge in [0.05, 0.1) is 5.69 Å². The molecule has 288 valence electrons. The molecular weight excluding hydrogens is 675 g/mol. The fourth-order valence-corrected chi connectivity index (χ4v) is 8.23. The van der Waals surface area contributed by atoms with Gasteiger partial charge in [-0.1, -0.05) is 194 Å². The molecule has 1 heteroatoms. The van der Waals surface area contributed by atoms with Gasteiger partial charge in [0, 0.05) is 22.4 Å². The summed E-state index contributed by atoms with van der Waals surface area (Å²) in [7, 11) is 0. The molecule has 1 aliphatic carbocycles. The maximum Gasteiger partial charge on any atom is 0.0546 e. The second kappa shape index (κ2) is 13.7. The summed E-state index contributed by atoms with van der Waals surface area (Å²) in [4.78, 5) is 2.52. The molecule has 7 rings (SSSR count). The third-order valence-corrected chi connectivity index (χ3v) is 12.1. The van der Waals surface area contributed by atoms with Gasteiger partial charge in [0.1, 0.15) is 0 Å². The van der Waals surface area contributed by atoms with Crippen molar-refractivity contribution in [2.75, 3.05) is 4.90 Å². The Morgan fingerprint density at radius 3 is 1.29 bits per heavy atom.